The number of carbonyl (C=O) groups is 2. The van der Waals surface area contributed by atoms with Gasteiger partial charge in [0.2, 0.25) is 5.96 Å². The lowest BCUT2D eigenvalue weighted by Crippen LogP contribution is -2.48. The minimum Gasteiger partial charge on any atom is -0.406 e. The molecule has 3 aromatic rings. The summed E-state index contributed by atoms with van der Waals surface area (Å²) < 4.78 is 56.0. The topological polar surface area (TPSA) is 111 Å². The maximum Gasteiger partial charge on any atom is 0.573 e. The van der Waals surface area contributed by atoms with Gasteiger partial charge in [-0.2, -0.15) is 5.43 Å². The second-order valence-electron chi connectivity index (χ2n) is 9.79. The van der Waals surface area contributed by atoms with Crippen LogP contribution in [0.25, 0.3) is 0 Å². The molecule has 2 aliphatic rings. The van der Waals surface area contributed by atoms with Gasteiger partial charge >= 0.3 is 12.4 Å². The van der Waals surface area contributed by atoms with Crippen LogP contribution in [-0.4, -0.2) is 43.7 Å². The average Bonchev–Trinajstić information content (AvgIpc) is 3.59. The third kappa shape index (κ3) is 6.92. The molecule has 0 radical (unpaired) electrons. The molecule has 5 rings (SSSR count). The zero-order valence-electron chi connectivity index (χ0n) is 23.0. The number of rotatable bonds is 7. The van der Waals surface area contributed by atoms with Gasteiger partial charge in [0.15, 0.2) is 0 Å². The molecule has 0 fully saturated rings. The molecule has 2 atom stereocenters. The summed E-state index contributed by atoms with van der Waals surface area (Å²) >= 11 is 0. The lowest BCUT2D eigenvalue weighted by atomic mass is 10.1. The normalized spacial score (nSPS) is 17.2. The van der Waals surface area contributed by atoms with Crippen LogP contribution in [0.15, 0.2) is 76.7 Å². The lowest BCUT2D eigenvalue weighted by molar-refractivity contribution is -0.274. The van der Waals surface area contributed by atoms with Crippen LogP contribution in [0.1, 0.15) is 34.6 Å². The van der Waals surface area contributed by atoms with Crippen LogP contribution < -0.4 is 30.7 Å². The van der Waals surface area contributed by atoms with Crippen molar-refractivity contribution in [3.8, 4) is 5.75 Å². The maximum atomic E-state index is 15.0. The van der Waals surface area contributed by atoms with E-state index in [1.165, 1.54) is 35.5 Å². The highest BCUT2D eigenvalue weighted by Gasteiger charge is 2.32. The van der Waals surface area contributed by atoms with E-state index in [-0.39, 0.29) is 30.7 Å². The van der Waals surface area contributed by atoms with E-state index < -0.39 is 24.7 Å². The highest BCUT2D eigenvalue weighted by molar-refractivity contribution is 6.24. The first-order chi connectivity index (χ1) is 20.5. The Morgan fingerprint density at radius 2 is 1.74 bits per heavy atom. The SMILES string of the molecule is Cc1cccc(C)c1N1C(=O)CN=C1NC(=O)NCC(F)c1ccc(C2N=CN(c3ccc(OC(F)(F)F)cc3)N2)cc1. The Balaban J connectivity index is 1.12. The van der Waals surface area contributed by atoms with Gasteiger partial charge in [0.1, 0.15) is 31.0 Å². The molecule has 10 nitrogen and oxygen atoms in total. The maximum absolute atomic E-state index is 15.0. The van der Waals surface area contributed by atoms with Crippen molar-refractivity contribution < 1.29 is 31.9 Å². The largest absolute Gasteiger partial charge is 0.573 e. The van der Waals surface area contributed by atoms with Gasteiger partial charge in [-0.15, -0.1) is 13.2 Å². The van der Waals surface area contributed by atoms with E-state index in [4.69, 9.17) is 0 Å². The molecule has 2 unspecified atom stereocenters. The molecule has 3 N–H and O–H groups in total. The number of hydrogen-bond acceptors (Lipinski definition) is 7. The van der Waals surface area contributed by atoms with Crippen molar-refractivity contribution >= 4 is 35.6 Å². The monoisotopic (exact) mass is 597 g/mol. The summed E-state index contributed by atoms with van der Waals surface area (Å²) in [5.41, 5.74) is 7.00. The van der Waals surface area contributed by atoms with Gasteiger partial charge < -0.3 is 10.1 Å². The molecular weight excluding hydrogens is 570 g/mol. The van der Waals surface area contributed by atoms with E-state index in [1.54, 1.807) is 29.3 Å². The number of amides is 3. The Bertz CT molecular complexity index is 1540. The second-order valence-corrected chi connectivity index (χ2v) is 9.79. The molecule has 224 valence electrons. The molecule has 2 heterocycles. The lowest BCUT2D eigenvalue weighted by Gasteiger charge is -2.23. The van der Waals surface area contributed by atoms with Crippen LogP contribution in [0, 0.1) is 13.8 Å². The summed E-state index contributed by atoms with van der Waals surface area (Å²) in [6.07, 6.45) is -5.31. The molecule has 0 saturated heterocycles. The Kier molecular flexibility index (Phi) is 8.30. The number of anilines is 2. The van der Waals surface area contributed by atoms with Gasteiger partial charge in [0.05, 0.1) is 17.9 Å². The summed E-state index contributed by atoms with van der Waals surface area (Å²) in [4.78, 5) is 34.9. The van der Waals surface area contributed by atoms with Crippen LogP contribution in [-0.2, 0) is 4.79 Å². The van der Waals surface area contributed by atoms with Crippen molar-refractivity contribution in [2.45, 2.75) is 32.5 Å². The number of nitrogens with one attached hydrogen (secondary N) is 3. The highest BCUT2D eigenvalue weighted by Crippen LogP contribution is 2.29. The Morgan fingerprint density at radius 1 is 1.07 bits per heavy atom. The minimum absolute atomic E-state index is 0.0731. The van der Waals surface area contributed by atoms with Crippen LogP contribution >= 0.6 is 0 Å². The molecule has 0 bridgehead atoms. The Labute approximate surface area is 244 Å². The van der Waals surface area contributed by atoms with E-state index in [1.807, 2.05) is 32.0 Å². The van der Waals surface area contributed by atoms with Crippen LogP contribution in [0.3, 0.4) is 0 Å². The fourth-order valence-corrected chi connectivity index (χ4v) is 4.66. The molecular formula is C29H27F4N7O3. The van der Waals surface area contributed by atoms with Gasteiger partial charge in [-0.05, 0) is 60.4 Å². The molecule has 0 spiro atoms. The minimum atomic E-state index is -4.78. The van der Waals surface area contributed by atoms with E-state index in [0.717, 1.165) is 11.1 Å². The third-order valence-electron chi connectivity index (χ3n) is 6.71. The molecule has 0 saturated carbocycles. The van der Waals surface area contributed by atoms with Gasteiger partial charge in [0, 0.05) is 0 Å². The summed E-state index contributed by atoms with van der Waals surface area (Å²) in [6.45, 7) is 3.28. The number of alkyl halides is 4. The van der Waals surface area contributed by atoms with Crippen molar-refractivity contribution in [3.63, 3.8) is 0 Å². The first-order valence-electron chi connectivity index (χ1n) is 13.2. The van der Waals surface area contributed by atoms with Crippen LogP contribution in [0.4, 0.5) is 33.7 Å². The van der Waals surface area contributed by atoms with Gasteiger partial charge in [0.25, 0.3) is 5.91 Å². The third-order valence-corrected chi connectivity index (χ3v) is 6.71. The first kappa shape index (κ1) is 29.5. The van der Waals surface area contributed by atoms with E-state index in [9.17, 15) is 27.2 Å². The number of ether oxygens (including phenoxy) is 1. The van der Waals surface area contributed by atoms with E-state index in [0.29, 0.717) is 22.5 Å². The fraction of sp³-hybridized carbons (Fsp3) is 0.241. The number of aryl methyl sites for hydroxylation is 2. The second kappa shape index (κ2) is 12.1. The number of hydrogen-bond donors (Lipinski definition) is 3. The molecule has 0 aliphatic carbocycles. The number of urea groups is 1. The molecule has 3 amide bonds. The quantitative estimate of drug-likeness (QED) is 0.334. The molecule has 3 aromatic carbocycles. The number of carbonyl (C=O) groups excluding carboxylic acids is 2. The molecule has 0 aromatic heterocycles. The van der Waals surface area contributed by atoms with E-state index in [2.05, 4.69) is 30.8 Å². The summed E-state index contributed by atoms with van der Waals surface area (Å²) in [6, 6.07) is 16.7. The zero-order chi connectivity index (χ0) is 30.7. The van der Waals surface area contributed by atoms with Crippen molar-refractivity contribution in [3.05, 3.63) is 89.0 Å². The summed E-state index contributed by atoms with van der Waals surface area (Å²) in [7, 11) is 0. The zero-order valence-corrected chi connectivity index (χ0v) is 23.0. The number of nitrogens with zero attached hydrogens (tertiary/aromatic N) is 4. The average molecular weight is 598 g/mol. The standard InChI is InChI=1S/C29H27F4N7O3/c1-17-4-3-5-18(2)25(17)40-24(41)15-34-27(40)37-28(42)35-14-23(30)19-6-8-20(9-7-19)26-36-16-39(38-26)21-10-12-22(13-11-21)43-29(31,32)33/h3-13,16,23,26,38H,14-15H2,1-2H3,(H2,34,35,37,42). The Hall–Kier alpha value is -4.98. The molecule has 43 heavy (non-hydrogen) atoms. The van der Waals surface area contributed by atoms with Crippen LogP contribution in [0.5, 0.6) is 5.75 Å². The fourth-order valence-electron chi connectivity index (χ4n) is 4.66. The highest BCUT2D eigenvalue weighted by atomic mass is 19.4. The van der Waals surface area contributed by atoms with Gasteiger partial charge in [-0.1, -0.05) is 42.5 Å². The summed E-state index contributed by atoms with van der Waals surface area (Å²) in [5, 5.41) is 6.57. The summed E-state index contributed by atoms with van der Waals surface area (Å²) in [5.74, 6) is -0.549. The number of para-hydroxylation sites is 1. The van der Waals surface area contributed by atoms with E-state index >= 15 is 0 Å². The van der Waals surface area contributed by atoms with Crippen molar-refractivity contribution in [1.29, 1.82) is 0 Å². The van der Waals surface area contributed by atoms with Crippen molar-refractivity contribution in [2.24, 2.45) is 9.98 Å². The first-order valence-corrected chi connectivity index (χ1v) is 13.2. The molecule has 2 aliphatic heterocycles. The number of hydrazine groups is 1. The number of guanidine groups is 1. The smallest absolute Gasteiger partial charge is 0.406 e. The number of halogens is 4. The van der Waals surface area contributed by atoms with Gasteiger partial charge in [-0.3, -0.25) is 15.1 Å². The predicted octanol–water partition coefficient (Wildman–Crippen LogP) is 4.97. The number of aliphatic imine (C=N–C) groups is 2. The number of benzene rings is 3. The Morgan fingerprint density at radius 3 is 2.40 bits per heavy atom. The van der Waals surface area contributed by atoms with Crippen molar-refractivity contribution in [2.75, 3.05) is 23.0 Å². The van der Waals surface area contributed by atoms with Crippen molar-refractivity contribution in [1.82, 2.24) is 16.1 Å². The van der Waals surface area contributed by atoms with Crippen LogP contribution in [0.2, 0.25) is 0 Å². The molecule has 14 heteroatoms. The van der Waals surface area contributed by atoms with Gasteiger partial charge in [-0.25, -0.2) is 24.1 Å². The predicted molar refractivity (Wildman–Crippen MR) is 153 cm³/mol.